The van der Waals surface area contributed by atoms with E-state index in [0.29, 0.717) is 23.3 Å². The van der Waals surface area contributed by atoms with Gasteiger partial charge in [0.1, 0.15) is 11.8 Å². The molecule has 1 saturated heterocycles. The maximum Gasteiger partial charge on any atom is 0.248 e. The van der Waals surface area contributed by atoms with Crippen LogP contribution in [0.15, 0.2) is 66.7 Å². The van der Waals surface area contributed by atoms with Gasteiger partial charge in [0.2, 0.25) is 17.7 Å². The van der Waals surface area contributed by atoms with Crippen molar-refractivity contribution in [3.8, 4) is 5.75 Å². The van der Waals surface area contributed by atoms with Crippen molar-refractivity contribution < 1.29 is 19.1 Å². The second-order valence-electron chi connectivity index (χ2n) is 9.63. The van der Waals surface area contributed by atoms with Gasteiger partial charge in [-0.1, -0.05) is 48.6 Å². The van der Waals surface area contributed by atoms with Crippen molar-refractivity contribution in [3.05, 3.63) is 72.3 Å². The Kier molecular flexibility index (Phi) is 4.64. The summed E-state index contributed by atoms with van der Waals surface area (Å²) in [6, 6.07) is 15.7. The first-order chi connectivity index (χ1) is 16.1. The van der Waals surface area contributed by atoms with E-state index in [1.807, 2.05) is 30.3 Å². The predicted octanol–water partition coefficient (Wildman–Crippen LogP) is 3.30. The zero-order valence-electron chi connectivity index (χ0n) is 18.4. The van der Waals surface area contributed by atoms with Crippen LogP contribution in [0.4, 0.5) is 5.69 Å². The van der Waals surface area contributed by atoms with Crippen molar-refractivity contribution in [2.75, 3.05) is 12.4 Å². The molecule has 33 heavy (non-hydrogen) atoms. The Hall–Kier alpha value is -3.41. The molecule has 2 bridgehead atoms. The van der Waals surface area contributed by atoms with E-state index in [0.717, 1.165) is 12.0 Å². The van der Waals surface area contributed by atoms with Gasteiger partial charge in [0, 0.05) is 18.2 Å². The number of carbonyl (C=O) groups excluding carboxylic acids is 3. The third kappa shape index (κ3) is 3.19. The molecule has 1 heterocycles. The van der Waals surface area contributed by atoms with Gasteiger partial charge >= 0.3 is 0 Å². The number of allylic oxidation sites excluding steroid dienone is 2. The molecule has 2 saturated carbocycles. The number of benzene rings is 2. The van der Waals surface area contributed by atoms with E-state index in [2.05, 4.69) is 17.5 Å². The minimum absolute atomic E-state index is 0.130. The van der Waals surface area contributed by atoms with Crippen LogP contribution in [0.25, 0.3) is 0 Å². The highest BCUT2D eigenvalue weighted by Crippen LogP contribution is 2.65. The standard InChI is InChI=1S/C27H26N2O4/c1-33-17-9-5-8-16(13-17)28-25(30)22(12-15-6-3-2-4-7-15)29-26(31)23-18-10-11-19(21-14-20(18)21)24(23)27(29)32/h2-11,13,18-24H,12,14H2,1H3,(H,28,30)/t18-,19-,20-,21-,22-,23-,24+/m0/s1. The average Bonchev–Trinajstić information content (AvgIpc) is 3.62. The molecule has 3 fully saturated rings. The summed E-state index contributed by atoms with van der Waals surface area (Å²) in [6.07, 6.45) is 5.69. The lowest BCUT2D eigenvalue weighted by molar-refractivity contribution is -0.146. The number of imide groups is 1. The normalized spacial score (nSPS) is 31.7. The summed E-state index contributed by atoms with van der Waals surface area (Å²) in [4.78, 5) is 42.2. The zero-order valence-corrected chi connectivity index (χ0v) is 18.4. The van der Waals surface area contributed by atoms with Crippen LogP contribution < -0.4 is 10.1 Å². The van der Waals surface area contributed by atoms with Crippen molar-refractivity contribution in [2.24, 2.45) is 35.5 Å². The average molecular weight is 443 g/mol. The highest BCUT2D eigenvalue weighted by Gasteiger charge is 2.67. The van der Waals surface area contributed by atoms with Crippen molar-refractivity contribution in [2.45, 2.75) is 18.9 Å². The Morgan fingerprint density at radius 3 is 2.30 bits per heavy atom. The van der Waals surface area contributed by atoms with Gasteiger partial charge in [0.15, 0.2) is 0 Å². The lowest BCUT2D eigenvalue weighted by atomic mass is 9.63. The van der Waals surface area contributed by atoms with Crippen LogP contribution in [0.2, 0.25) is 0 Å². The Balaban J connectivity index is 1.32. The molecule has 0 radical (unpaired) electrons. The van der Waals surface area contributed by atoms with Crippen molar-refractivity contribution in [1.29, 1.82) is 0 Å². The smallest absolute Gasteiger partial charge is 0.248 e. The van der Waals surface area contributed by atoms with Gasteiger partial charge < -0.3 is 10.1 Å². The third-order valence-corrected chi connectivity index (χ3v) is 7.92. The molecule has 6 heteroatoms. The van der Waals surface area contributed by atoms with Gasteiger partial charge in [0.25, 0.3) is 0 Å². The zero-order chi connectivity index (χ0) is 22.7. The van der Waals surface area contributed by atoms with Gasteiger partial charge in [-0.05, 0) is 47.8 Å². The molecule has 0 unspecified atom stereocenters. The summed E-state index contributed by atoms with van der Waals surface area (Å²) in [7, 11) is 1.56. The summed E-state index contributed by atoms with van der Waals surface area (Å²) >= 11 is 0. The fraction of sp³-hybridized carbons (Fsp3) is 0.370. The number of likely N-dealkylation sites (tertiary alicyclic amines) is 1. The first-order valence-electron chi connectivity index (χ1n) is 11.6. The Morgan fingerprint density at radius 1 is 1.00 bits per heavy atom. The summed E-state index contributed by atoms with van der Waals surface area (Å²) in [5.41, 5.74) is 1.47. The van der Waals surface area contributed by atoms with Crippen molar-refractivity contribution in [1.82, 2.24) is 4.90 Å². The van der Waals surface area contributed by atoms with E-state index in [9.17, 15) is 14.4 Å². The largest absolute Gasteiger partial charge is 0.497 e. The maximum atomic E-state index is 13.7. The molecular formula is C27H26N2O4. The van der Waals surface area contributed by atoms with Gasteiger partial charge in [-0.25, -0.2) is 0 Å². The Morgan fingerprint density at radius 2 is 1.67 bits per heavy atom. The first kappa shape index (κ1) is 20.2. The number of hydrogen-bond acceptors (Lipinski definition) is 4. The second-order valence-corrected chi connectivity index (χ2v) is 9.63. The van der Waals surface area contributed by atoms with Crippen LogP contribution in [0.1, 0.15) is 12.0 Å². The van der Waals surface area contributed by atoms with E-state index in [4.69, 9.17) is 4.74 Å². The number of anilines is 1. The summed E-state index contributed by atoms with van der Waals surface area (Å²) < 4.78 is 5.26. The Bertz CT molecular complexity index is 1120. The Labute approximate surface area is 192 Å². The van der Waals surface area contributed by atoms with Crippen LogP contribution in [0.3, 0.4) is 0 Å². The number of rotatable bonds is 6. The predicted molar refractivity (Wildman–Crippen MR) is 122 cm³/mol. The second kappa shape index (κ2) is 7.58. The fourth-order valence-corrected chi connectivity index (χ4v) is 6.35. The van der Waals surface area contributed by atoms with Crippen LogP contribution in [-0.4, -0.2) is 35.8 Å². The van der Waals surface area contributed by atoms with Gasteiger partial charge in [0.05, 0.1) is 18.9 Å². The van der Waals surface area contributed by atoms with E-state index in [1.165, 1.54) is 4.90 Å². The maximum absolute atomic E-state index is 13.7. The minimum atomic E-state index is -0.903. The van der Waals surface area contributed by atoms with E-state index >= 15 is 0 Å². The lowest BCUT2D eigenvalue weighted by Gasteiger charge is -2.37. The molecule has 0 aromatic heterocycles. The van der Waals surface area contributed by atoms with Crippen LogP contribution in [-0.2, 0) is 20.8 Å². The van der Waals surface area contributed by atoms with E-state index < -0.39 is 6.04 Å². The molecule has 3 amide bonds. The first-order valence-corrected chi connectivity index (χ1v) is 11.6. The topological polar surface area (TPSA) is 75.7 Å². The molecule has 0 spiro atoms. The number of carbonyl (C=O) groups is 3. The highest BCUT2D eigenvalue weighted by molar-refractivity contribution is 6.10. The van der Waals surface area contributed by atoms with E-state index in [-0.39, 0.29) is 47.8 Å². The molecule has 2 aromatic rings. The minimum Gasteiger partial charge on any atom is -0.497 e. The molecular weight excluding hydrogens is 416 g/mol. The number of nitrogens with zero attached hydrogens (tertiary/aromatic N) is 1. The summed E-state index contributed by atoms with van der Waals surface area (Å²) in [6.45, 7) is 0. The molecule has 7 atom stereocenters. The number of methoxy groups -OCH3 is 1. The van der Waals surface area contributed by atoms with Gasteiger partial charge in [-0.15, -0.1) is 0 Å². The molecule has 2 aromatic carbocycles. The van der Waals surface area contributed by atoms with Crippen LogP contribution >= 0.6 is 0 Å². The molecule has 1 aliphatic heterocycles. The summed E-state index contributed by atoms with van der Waals surface area (Å²) in [5, 5.41) is 2.91. The number of ether oxygens (including phenoxy) is 1. The fourth-order valence-electron chi connectivity index (χ4n) is 6.35. The highest BCUT2D eigenvalue weighted by atomic mass is 16.5. The quantitative estimate of drug-likeness (QED) is 0.550. The van der Waals surface area contributed by atoms with Gasteiger partial charge in [-0.2, -0.15) is 0 Å². The summed E-state index contributed by atoms with van der Waals surface area (Å²) in [5.74, 6) is 0.556. The van der Waals surface area contributed by atoms with Gasteiger partial charge in [-0.3, -0.25) is 19.3 Å². The number of nitrogens with one attached hydrogen (secondary N) is 1. The molecule has 168 valence electrons. The van der Waals surface area contributed by atoms with Crippen molar-refractivity contribution >= 4 is 23.4 Å². The molecule has 5 aliphatic rings. The van der Waals surface area contributed by atoms with Crippen LogP contribution in [0.5, 0.6) is 5.75 Å². The lowest BCUT2D eigenvalue weighted by Crippen LogP contribution is -2.49. The molecule has 1 N–H and O–H groups in total. The van der Waals surface area contributed by atoms with Crippen molar-refractivity contribution in [3.63, 3.8) is 0 Å². The third-order valence-electron chi connectivity index (χ3n) is 7.92. The molecule has 4 aliphatic carbocycles. The SMILES string of the molecule is COc1cccc(NC(=O)[C@H](Cc2ccccc2)N2C(=O)[C@@H]3[C@H]4C=C[C@@H]([C@@H]5C[C@@H]45)[C@@H]3C2=O)c1. The van der Waals surface area contributed by atoms with Crippen LogP contribution in [0, 0.1) is 35.5 Å². The number of hydrogen-bond donors (Lipinski definition) is 1. The molecule has 7 rings (SSSR count). The number of amides is 3. The molecule has 6 nitrogen and oxygen atoms in total. The monoisotopic (exact) mass is 442 g/mol. The van der Waals surface area contributed by atoms with E-state index in [1.54, 1.807) is 31.4 Å².